The molecule has 0 bridgehead atoms. The molecule has 2 nitrogen and oxygen atoms in total. The SMILES string of the molecule is Cl.Clc1ccc(OC2CCCNCC2)cc1Cl. The minimum Gasteiger partial charge on any atom is -0.490 e. The van der Waals surface area contributed by atoms with Crippen molar-refractivity contribution in [3.63, 3.8) is 0 Å². The van der Waals surface area contributed by atoms with E-state index in [9.17, 15) is 0 Å². The van der Waals surface area contributed by atoms with E-state index in [1.165, 1.54) is 0 Å². The third kappa shape index (κ3) is 4.55. The van der Waals surface area contributed by atoms with E-state index >= 15 is 0 Å². The second-order valence-electron chi connectivity index (χ2n) is 4.00. The molecule has 17 heavy (non-hydrogen) atoms. The molecule has 1 heterocycles. The first kappa shape index (κ1) is 14.9. The molecule has 1 aliphatic rings. The number of hydrogen-bond donors (Lipinski definition) is 1. The summed E-state index contributed by atoms with van der Waals surface area (Å²) in [6, 6.07) is 5.42. The van der Waals surface area contributed by atoms with Gasteiger partial charge in [-0.2, -0.15) is 0 Å². The Labute approximate surface area is 118 Å². The lowest BCUT2D eigenvalue weighted by atomic mass is 10.1. The van der Waals surface area contributed by atoms with Crippen LogP contribution in [0.3, 0.4) is 0 Å². The largest absolute Gasteiger partial charge is 0.490 e. The van der Waals surface area contributed by atoms with Gasteiger partial charge < -0.3 is 10.1 Å². The van der Waals surface area contributed by atoms with Crippen molar-refractivity contribution in [2.24, 2.45) is 0 Å². The van der Waals surface area contributed by atoms with E-state index in [1.54, 1.807) is 12.1 Å². The zero-order chi connectivity index (χ0) is 11.4. The predicted octanol–water partition coefficient (Wildman–Crippen LogP) is 3.94. The standard InChI is InChI=1S/C12H15Cl2NO.ClH/c13-11-4-3-10(8-12(11)14)16-9-2-1-6-15-7-5-9;/h3-4,8-9,15H,1-2,5-7H2;1H. The number of hydrogen-bond acceptors (Lipinski definition) is 2. The molecule has 1 aromatic rings. The number of benzene rings is 1. The minimum atomic E-state index is 0. The van der Waals surface area contributed by atoms with Crippen LogP contribution in [0.4, 0.5) is 0 Å². The Morgan fingerprint density at radius 1 is 1.12 bits per heavy atom. The van der Waals surface area contributed by atoms with Gasteiger partial charge in [0.1, 0.15) is 5.75 Å². The number of nitrogens with one attached hydrogen (secondary N) is 1. The maximum absolute atomic E-state index is 5.94. The minimum absolute atomic E-state index is 0. The lowest BCUT2D eigenvalue weighted by Gasteiger charge is -2.16. The maximum atomic E-state index is 5.94. The summed E-state index contributed by atoms with van der Waals surface area (Å²) in [5.41, 5.74) is 0. The van der Waals surface area contributed by atoms with Gasteiger partial charge >= 0.3 is 0 Å². The molecule has 1 N–H and O–H groups in total. The summed E-state index contributed by atoms with van der Waals surface area (Å²) in [7, 11) is 0. The van der Waals surface area contributed by atoms with E-state index in [4.69, 9.17) is 27.9 Å². The Kier molecular flexibility index (Phi) is 6.42. The molecule has 0 aliphatic carbocycles. The van der Waals surface area contributed by atoms with Gasteiger partial charge in [0, 0.05) is 6.07 Å². The lowest BCUT2D eigenvalue weighted by Crippen LogP contribution is -2.19. The molecule has 1 aromatic carbocycles. The van der Waals surface area contributed by atoms with Gasteiger partial charge in [-0.15, -0.1) is 12.4 Å². The van der Waals surface area contributed by atoms with Crippen molar-refractivity contribution in [3.8, 4) is 5.75 Å². The van der Waals surface area contributed by atoms with Gasteiger partial charge in [-0.25, -0.2) is 0 Å². The van der Waals surface area contributed by atoms with Gasteiger partial charge in [0.25, 0.3) is 0 Å². The summed E-state index contributed by atoms with van der Waals surface area (Å²) in [6.45, 7) is 2.10. The molecule has 1 aliphatic heterocycles. The summed E-state index contributed by atoms with van der Waals surface area (Å²) in [6.07, 6.45) is 3.58. The molecule has 2 rings (SSSR count). The average Bonchev–Trinajstić information content (AvgIpc) is 2.52. The van der Waals surface area contributed by atoms with Crippen LogP contribution in [0.5, 0.6) is 5.75 Å². The highest BCUT2D eigenvalue weighted by atomic mass is 35.5. The predicted molar refractivity (Wildman–Crippen MR) is 74.8 cm³/mol. The molecule has 96 valence electrons. The summed E-state index contributed by atoms with van der Waals surface area (Å²) in [5.74, 6) is 0.807. The Balaban J connectivity index is 0.00000144. The second-order valence-corrected chi connectivity index (χ2v) is 4.81. The molecule has 0 saturated carbocycles. The fourth-order valence-electron chi connectivity index (χ4n) is 1.85. The highest BCUT2D eigenvalue weighted by Gasteiger charge is 2.13. The van der Waals surface area contributed by atoms with E-state index in [-0.39, 0.29) is 18.5 Å². The molecular formula is C12H16Cl3NO. The van der Waals surface area contributed by atoms with Crippen LogP contribution in [-0.2, 0) is 0 Å². The molecule has 1 unspecified atom stereocenters. The quantitative estimate of drug-likeness (QED) is 0.892. The molecule has 5 heteroatoms. The lowest BCUT2D eigenvalue weighted by molar-refractivity contribution is 0.187. The molecule has 1 fully saturated rings. The fourth-order valence-corrected chi connectivity index (χ4v) is 2.14. The summed E-state index contributed by atoms with van der Waals surface area (Å²) < 4.78 is 5.89. The first-order valence-electron chi connectivity index (χ1n) is 5.58. The molecule has 1 saturated heterocycles. The monoisotopic (exact) mass is 295 g/mol. The van der Waals surface area contributed by atoms with Crippen LogP contribution >= 0.6 is 35.6 Å². The van der Waals surface area contributed by atoms with Crippen LogP contribution in [0.25, 0.3) is 0 Å². The van der Waals surface area contributed by atoms with Crippen LogP contribution in [0.1, 0.15) is 19.3 Å². The van der Waals surface area contributed by atoms with Crippen LogP contribution in [-0.4, -0.2) is 19.2 Å². The Morgan fingerprint density at radius 3 is 2.71 bits per heavy atom. The van der Waals surface area contributed by atoms with Crippen molar-refractivity contribution in [1.82, 2.24) is 5.32 Å². The smallest absolute Gasteiger partial charge is 0.121 e. The molecule has 0 radical (unpaired) electrons. The van der Waals surface area contributed by atoms with Gasteiger partial charge in [0.05, 0.1) is 16.1 Å². The van der Waals surface area contributed by atoms with Gasteiger partial charge in [-0.3, -0.25) is 0 Å². The van der Waals surface area contributed by atoms with E-state index in [2.05, 4.69) is 5.32 Å². The van der Waals surface area contributed by atoms with Gasteiger partial charge in [-0.1, -0.05) is 23.2 Å². The van der Waals surface area contributed by atoms with Gasteiger partial charge in [0.2, 0.25) is 0 Å². The Morgan fingerprint density at radius 2 is 1.94 bits per heavy atom. The first-order chi connectivity index (χ1) is 7.75. The summed E-state index contributed by atoms with van der Waals surface area (Å²) in [5, 5.41) is 4.47. The normalized spacial score (nSPS) is 20.2. The molecule has 1 atom stereocenters. The summed E-state index contributed by atoms with van der Waals surface area (Å²) >= 11 is 11.8. The second kappa shape index (κ2) is 7.32. The van der Waals surface area contributed by atoms with Gasteiger partial charge in [-0.05, 0) is 44.5 Å². The van der Waals surface area contributed by atoms with Crippen LogP contribution in [0.15, 0.2) is 18.2 Å². The highest BCUT2D eigenvalue weighted by molar-refractivity contribution is 6.42. The first-order valence-corrected chi connectivity index (χ1v) is 6.34. The molecule has 0 aromatic heterocycles. The van der Waals surface area contributed by atoms with Crippen LogP contribution in [0.2, 0.25) is 10.0 Å². The number of ether oxygens (including phenoxy) is 1. The molecule has 0 spiro atoms. The van der Waals surface area contributed by atoms with E-state index in [0.29, 0.717) is 10.0 Å². The summed E-state index contributed by atoms with van der Waals surface area (Å²) in [4.78, 5) is 0. The number of halogens is 3. The van der Waals surface area contributed by atoms with Crippen molar-refractivity contribution in [2.45, 2.75) is 25.4 Å². The van der Waals surface area contributed by atoms with E-state index in [0.717, 1.165) is 38.1 Å². The average molecular weight is 297 g/mol. The topological polar surface area (TPSA) is 21.3 Å². The Hall–Kier alpha value is -0.150. The molecule has 0 amide bonds. The zero-order valence-corrected chi connectivity index (χ0v) is 11.7. The van der Waals surface area contributed by atoms with Crippen LogP contribution in [0, 0.1) is 0 Å². The van der Waals surface area contributed by atoms with E-state index < -0.39 is 0 Å². The number of rotatable bonds is 2. The van der Waals surface area contributed by atoms with Crippen molar-refractivity contribution in [3.05, 3.63) is 28.2 Å². The zero-order valence-electron chi connectivity index (χ0n) is 9.42. The van der Waals surface area contributed by atoms with E-state index in [1.807, 2.05) is 6.07 Å². The van der Waals surface area contributed by atoms with Gasteiger partial charge in [0.15, 0.2) is 0 Å². The fraction of sp³-hybridized carbons (Fsp3) is 0.500. The van der Waals surface area contributed by atoms with Crippen LogP contribution < -0.4 is 10.1 Å². The van der Waals surface area contributed by atoms with Crippen molar-refractivity contribution in [1.29, 1.82) is 0 Å². The molecular weight excluding hydrogens is 280 g/mol. The highest BCUT2D eigenvalue weighted by Crippen LogP contribution is 2.27. The third-order valence-electron chi connectivity index (χ3n) is 2.72. The van der Waals surface area contributed by atoms with Crippen molar-refractivity contribution < 1.29 is 4.74 Å². The maximum Gasteiger partial charge on any atom is 0.121 e. The third-order valence-corrected chi connectivity index (χ3v) is 3.46. The Bertz CT molecular complexity index is 352. The van der Waals surface area contributed by atoms with Crippen molar-refractivity contribution in [2.75, 3.05) is 13.1 Å². The van der Waals surface area contributed by atoms with Crippen molar-refractivity contribution >= 4 is 35.6 Å².